The molecule has 0 saturated heterocycles. The van der Waals surface area contributed by atoms with E-state index in [1.54, 1.807) is 24.5 Å². The average molecular weight is 349 g/mol. The topological polar surface area (TPSA) is 44.8 Å². The van der Waals surface area contributed by atoms with Crippen LogP contribution in [0.4, 0.5) is 0 Å². The zero-order valence-corrected chi connectivity index (χ0v) is 16.5. The SMILES string of the molecule is Cc1ccc(C(=O)O[C@H]2C=CO[C@@H]2CO[Si](C)(C)C(C)(C)C)cc1. The summed E-state index contributed by atoms with van der Waals surface area (Å²) in [7, 11) is -1.86. The molecule has 0 aromatic heterocycles. The van der Waals surface area contributed by atoms with E-state index in [1.165, 1.54) is 0 Å². The van der Waals surface area contributed by atoms with Gasteiger partial charge < -0.3 is 13.9 Å². The molecular weight excluding hydrogens is 320 g/mol. The summed E-state index contributed by atoms with van der Waals surface area (Å²) >= 11 is 0. The molecule has 4 nitrogen and oxygen atoms in total. The van der Waals surface area contributed by atoms with Crippen LogP contribution in [0.2, 0.25) is 18.1 Å². The fourth-order valence-corrected chi connectivity index (χ4v) is 3.08. The van der Waals surface area contributed by atoms with E-state index in [2.05, 4.69) is 33.9 Å². The van der Waals surface area contributed by atoms with E-state index < -0.39 is 14.4 Å². The van der Waals surface area contributed by atoms with Gasteiger partial charge >= 0.3 is 5.97 Å². The largest absolute Gasteiger partial charge is 0.492 e. The van der Waals surface area contributed by atoms with Gasteiger partial charge in [-0.25, -0.2) is 4.79 Å². The van der Waals surface area contributed by atoms with Gasteiger partial charge in [-0.3, -0.25) is 0 Å². The van der Waals surface area contributed by atoms with Gasteiger partial charge in [0, 0.05) is 0 Å². The molecule has 0 N–H and O–H groups in total. The highest BCUT2D eigenvalue weighted by molar-refractivity contribution is 6.74. The van der Waals surface area contributed by atoms with Crippen molar-refractivity contribution in [2.24, 2.45) is 0 Å². The van der Waals surface area contributed by atoms with Crippen LogP contribution in [0.15, 0.2) is 36.6 Å². The van der Waals surface area contributed by atoms with Crippen molar-refractivity contribution in [3.05, 3.63) is 47.7 Å². The quantitative estimate of drug-likeness (QED) is 0.582. The van der Waals surface area contributed by atoms with Crippen molar-refractivity contribution in [3.63, 3.8) is 0 Å². The Bertz CT molecular complexity index is 599. The zero-order chi connectivity index (χ0) is 18.0. The molecule has 0 fully saturated rings. The normalized spacial score (nSPS) is 20.8. The molecule has 0 amide bonds. The van der Waals surface area contributed by atoms with Crippen LogP contribution in [0.3, 0.4) is 0 Å². The first-order chi connectivity index (χ1) is 11.1. The second kappa shape index (κ2) is 7.11. The van der Waals surface area contributed by atoms with E-state index in [4.69, 9.17) is 13.9 Å². The third kappa shape index (κ3) is 4.48. The highest BCUT2D eigenvalue weighted by atomic mass is 28.4. The fourth-order valence-electron chi connectivity index (χ4n) is 2.06. The number of ether oxygens (including phenoxy) is 2. The predicted octanol–water partition coefficient (Wildman–Crippen LogP) is 4.45. The molecule has 0 saturated carbocycles. The number of carbonyl (C=O) groups is 1. The minimum atomic E-state index is -1.86. The highest BCUT2D eigenvalue weighted by Gasteiger charge is 2.39. The molecule has 0 bridgehead atoms. The molecule has 1 heterocycles. The van der Waals surface area contributed by atoms with Gasteiger partial charge in [-0.1, -0.05) is 38.5 Å². The molecule has 1 aliphatic heterocycles. The Labute approximate surface area is 145 Å². The highest BCUT2D eigenvalue weighted by Crippen LogP contribution is 2.37. The van der Waals surface area contributed by atoms with Crippen molar-refractivity contribution < 1.29 is 18.7 Å². The summed E-state index contributed by atoms with van der Waals surface area (Å²) in [6.07, 6.45) is 2.66. The standard InChI is InChI=1S/C19H28O4Si/c1-14-7-9-15(10-8-14)18(20)23-16-11-12-21-17(16)13-22-24(5,6)19(2,3)4/h7-12,16-17H,13H2,1-6H3/t16-,17+/m0/s1. The smallest absolute Gasteiger partial charge is 0.338 e. The lowest BCUT2D eigenvalue weighted by Gasteiger charge is -2.37. The summed E-state index contributed by atoms with van der Waals surface area (Å²) in [5.74, 6) is -0.340. The van der Waals surface area contributed by atoms with Crippen molar-refractivity contribution in [2.75, 3.05) is 6.61 Å². The second-order valence-corrected chi connectivity index (χ2v) is 12.6. The van der Waals surface area contributed by atoms with Crippen molar-refractivity contribution in [1.29, 1.82) is 0 Å². The molecule has 0 radical (unpaired) electrons. The average Bonchev–Trinajstić information content (AvgIpc) is 2.92. The van der Waals surface area contributed by atoms with Crippen LogP contribution < -0.4 is 0 Å². The van der Waals surface area contributed by atoms with E-state index in [0.29, 0.717) is 12.2 Å². The van der Waals surface area contributed by atoms with Crippen molar-refractivity contribution in [2.45, 2.75) is 58.0 Å². The number of benzene rings is 1. The molecule has 0 aliphatic carbocycles. The molecular formula is C19H28O4Si. The van der Waals surface area contributed by atoms with Crippen LogP contribution in [-0.4, -0.2) is 33.1 Å². The van der Waals surface area contributed by atoms with Gasteiger partial charge in [0.05, 0.1) is 18.4 Å². The Kier molecular flexibility index (Phi) is 5.55. The van der Waals surface area contributed by atoms with Crippen LogP contribution >= 0.6 is 0 Å². The molecule has 0 spiro atoms. The third-order valence-corrected chi connectivity index (χ3v) is 9.33. The Hall–Kier alpha value is -1.59. The van der Waals surface area contributed by atoms with Crippen LogP contribution in [0.25, 0.3) is 0 Å². The van der Waals surface area contributed by atoms with E-state index in [9.17, 15) is 4.79 Å². The van der Waals surface area contributed by atoms with Gasteiger partial charge in [0.2, 0.25) is 0 Å². The molecule has 1 aromatic carbocycles. The molecule has 2 rings (SSSR count). The van der Waals surface area contributed by atoms with Gasteiger partial charge in [0.1, 0.15) is 0 Å². The van der Waals surface area contributed by atoms with Gasteiger partial charge in [-0.2, -0.15) is 0 Å². The number of hydrogen-bond donors (Lipinski definition) is 0. The minimum Gasteiger partial charge on any atom is -0.492 e. The molecule has 24 heavy (non-hydrogen) atoms. The molecule has 2 atom stereocenters. The van der Waals surface area contributed by atoms with Crippen molar-refractivity contribution >= 4 is 14.3 Å². The second-order valence-electron chi connectivity index (χ2n) is 7.81. The molecule has 0 unspecified atom stereocenters. The minimum absolute atomic E-state index is 0.132. The lowest BCUT2D eigenvalue weighted by atomic mass is 10.1. The van der Waals surface area contributed by atoms with Gasteiger partial charge in [-0.15, -0.1) is 0 Å². The van der Waals surface area contributed by atoms with E-state index in [1.807, 2.05) is 19.1 Å². The molecule has 5 heteroatoms. The Morgan fingerprint density at radius 2 is 1.83 bits per heavy atom. The maximum atomic E-state index is 12.3. The van der Waals surface area contributed by atoms with Gasteiger partial charge in [0.25, 0.3) is 0 Å². The first kappa shape index (κ1) is 18.7. The van der Waals surface area contributed by atoms with Gasteiger partial charge in [0.15, 0.2) is 20.5 Å². The molecule has 1 aromatic rings. The molecule has 1 aliphatic rings. The first-order valence-corrected chi connectivity index (χ1v) is 11.2. The summed E-state index contributed by atoms with van der Waals surface area (Å²) in [5.41, 5.74) is 1.65. The maximum absolute atomic E-state index is 12.3. The number of hydrogen-bond acceptors (Lipinski definition) is 4. The summed E-state index contributed by atoms with van der Waals surface area (Å²) in [5, 5.41) is 0.132. The Morgan fingerprint density at radius 3 is 2.42 bits per heavy atom. The first-order valence-electron chi connectivity index (χ1n) is 8.34. The van der Waals surface area contributed by atoms with E-state index in [0.717, 1.165) is 5.56 Å². The summed E-state index contributed by atoms with van der Waals surface area (Å²) in [6.45, 7) is 13.4. The summed E-state index contributed by atoms with van der Waals surface area (Å²) in [4.78, 5) is 12.3. The lowest BCUT2D eigenvalue weighted by molar-refractivity contribution is -0.00666. The van der Waals surface area contributed by atoms with E-state index in [-0.39, 0.29) is 17.1 Å². The zero-order valence-electron chi connectivity index (χ0n) is 15.5. The lowest BCUT2D eigenvalue weighted by Crippen LogP contribution is -2.44. The van der Waals surface area contributed by atoms with Crippen LogP contribution in [-0.2, 0) is 13.9 Å². The van der Waals surface area contributed by atoms with Crippen LogP contribution in [0, 0.1) is 6.92 Å². The Balaban J connectivity index is 1.94. The Morgan fingerprint density at radius 1 is 1.21 bits per heavy atom. The van der Waals surface area contributed by atoms with Gasteiger partial charge in [-0.05, 0) is 43.3 Å². The maximum Gasteiger partial charge on any atom is 0.338 e. The predicted molar refractivity (Wildman–Crippen MR) is 97.5 cm³/mol. The van der Waals surface area contributed by atoms with Crippen molar-refractivity contribution in [1.82, 2.24) is 0 Å². The van der Waals surface area contributed by atoms with Crippen LogP contribution in [0.1, 0.15) is 36.7 Å². The number of carbonyl (C=O) groups excluding carboxylic acids is 1. The summed E-state index contributed by atoms with van der Waals surface area (Å²) in [6, 6.07) is 7.35. The monoisotopic (exact) mass is 348 g/mol. The van der Waals surface area contributed by atoms with E-state index >= 15 is 0 Å². The molecule has 132 valence electrons. The third-order valence-electron chi connectivity index (χ3n) is 4.83. The number of rotatable bonds is 5. The van der Waals surface area contributed by atoms with Crippen LogP contribution in [0.5, 0.6) is 0 Å². The number of aryl methyl sites for hydroxylation is 1. The number of esters is 1. The summed E-state index contributed by atoms with van der Waals surface area (Å²) < 4.78 is 17.3. The van der Waals surface area contributed by atoms with Crippen molar-refractivity contribution in [3.8, 4) is 0 Å². The fraction of sp³-hybridized carbons (Fsp3) is 0.526.